The van der Waals surface area contributed by atoms with Crippen molar-refractivity contribution in [2.45, 2.75) is 31.7 Å². The quantitative estimate of drug-likeness (QED) is 0.840. The van der Waals surface area contributed by atoms with Gasteiger partial charge in [0.05, 0.1) is 6.42 Å². The Hall–Kier alpha value is -2.82. The van der Waals surface area contributed by atoms with Crippen molar-refractivity contribution >= 4 is 12.1 Å². The number of fused-ring (bicyclic) bond motifs is 3. The molecule has 0 aromatic heterocycles. The van der Waals surface area contributed by atoms with E-state index in [1.807, 2.05) is 31.2 Å². The first kappa shape index (κ1) is 17.0. The van der Waals surface area contributed by atoms with Gasteiger partial charge in [0.1, 0.15) is 6.61 Å². The molecule has 3 rings (SSSR count). The Labute approximate surface area is 146 Å². The second kappa shape index (κ2) is 7.38. The number of amides is 1. The summed E-state index contributed by atoms with van der Waals surface area (Å²) in [5, 5.41) is 11.5. The second-order valence-corrected chi connectivity index (χ2v) is 6.17. The molecular weight excluding hydrogens is 318 g/mol. The molecule has 0 heterocycles. The van der Waals surface area contributed by atoms with Crippen LogP contribution in [0, 0.1) is 0 Å². The summed E-state index contributed by atoms with van der Waals surface area (Å²) in [6.45, 7) is 2.06. The van der Waals surface area contributed by atoms with E-state index >= 15 is 0 Å². The van der Waals surface area contributed by atoms with Crippen molar-refractivity contribution in [2.75, 3.05) is 6.61 Å². The third kappa shape index (κ3) is 3.65. The van der Waals surface area contributed by atoms with Gasteiger partial charge >= 0.3 is 12.1 Å². The molecule has 130 valence electrons. The number of benzene rings is 2. The van der Waals surface area contributed by atoms with E-state index in [0.29, 0.717) is 6.42 Å². The van der Waals surface area contributed by atoms with Crippen molar-refractivity contribution in [3.63, 3.8) is 0 Å². The van der Waals surface area contributed by atoms with Crippen LogP contribution >= 0.6 is 0 Å². The molecule has 1 atom stereocenters. The number of hydrogen-bond acceptors (Lipinski definition) is 3. The number of alkyl carbamates (subject to hydrolysis) is 1. The lowest BCUT2D eigenvalue weighted by atomic mass is 9.98. The molecule has 0 spiro atoms. The van der Waals surface area contributed by atoms with Gasteiger partial charge in [0.15, 0.2) is 0 Å². The number of hydrogen-bond donors (Lipinski definition) is 2. The third-order valence-corrected chi connectivity index (χ3v) is 4.58. The van der Waals surface area contributed by atoms with E-state index in [1.165, 1.54) is 11.1 Å². The Bertz CT molecular complexity index is 741. The van der Waals surface area contributed by atoms with Gasteiger partial charge in [-0.3, -0.25) is 4.79 Å². The van der Waals surface area contributed by atoms with Crippen LogP contribution in [0.3, 0.4) is 0 Å². The summed E-state index contributed by atoms with van der Waals surface area (Å²) < 4.78 is 5.41. The molecule has 0 fully saturated rings. The maximum absolute atomic E-state index is 12.0. The summed E-state index contributed by atoms with van der Waals surface area (Å²) in [6, 6.07) is 15.8. The number of nitrogens with one attached hydrogen (secondary N) is 1. The number of ether oxygens (including phenoxy) is 1. The lowest BCUT2D eigenvalue weighted by molar-refractivity contribution is -0.137. The molecule has 0 unspecified atom stereocenters. The molecule has 2 aromatic carbocycles. The van der Waals surface area contributed by atoms with Gasteiger partial charge in [-0.1, -0.05) is 55.5 Å². The highest BCUT2D eigenvalue weighted by atomic mass is 16.5. The Kier molecular flexibility index (Phi) is 5.03. The summed E-state index contributed by atoms with van der Waals surface area (Å²) in [5.74, 6) is -0.941. The van der Waals surface area contributed by atoms with E-state index in [2.05, 4.69) is 29.6 Å². The minimum Gasteiger partial charge on any atom is -0.481 e. The molecule has 0 radical (unpaired) electrons. The Morgan fingerprint density at radius 2 is 1.64 bits per heavy atom. The van der Waals surface area contributed by atoms with Crippen LogP contribution < -0.4 is 5.32 Å². The number of carbonyl (C=O) groups is 2. The first-order valence-corrected chi connectivity index (χ1v) is 8.43. The highest BCUT2D eigenvalue weighted by molar-refractivity contribution is 5.79. The molecule has 2 N–H and O–H groups in total. The van der Waals surface area contributed by atoms with E-state index in [9.17, 15) is 9.59 Å². The summed E-state index contributed by atoms with van der Waals surface area (Å²) in [7, 11) is 0. The fraction of sp³-hybridized carbons (Fsp3) is 0.300. The molecule has 5 heteroatoms. The SMILES string of the molecule is CC[C@@H](CC(=O)O)NC(=O)OCC1c2ccccc2-c2ccccc21. The van der Waals surface area contributed by atoms with E-state index in [1.54, 1.807) is 0 Å². The van der Waals surface area contributed by atoms with Crippen molar-refractivity contribution < 1.29 is 19.4 Å². The molecular formula is C20H21NO4. The molecule has 0 aliphatic heterocycles. The van der Waals surface area contributed by atoms with Crippen molar-refractivity contribution in [2.24, 2.45) is 0 Å². The van der Waals surface area contributed by atoms with Crippen LogP contribution in [0.2, 0.25) is 0 Å². The van der Waals surface area contributed by atoms with Crippen LogP contribution in [0.25, 0.3) is 11.1 Å². The van der Waals surface area contributed by atoms with Gasteiger partial charge in [0.25, 0.3) is 0 Å². The molecule has 0 saturated carbocycles. The molecule has 2 aromatic rings. The lowest BCUT2D eigenvalue weighted by Crippen LogP contribution is -2.37. The zero-order chi connectivity index (χ0) is 17.8. The van der Waals surface area contributed by atoms with Gasteiger partial charge in [-0.05, 0) is 28.7 Å². The molecule has 5 nitrogen and oxygen atoms in total. The topological polar surface area (TPSA) is 75.6 Å². The molecule has 1 aliphatic rings. The highest BCUT2D eigenvalue weighted by Crippen LogP contribution is 2.44. The van der Waals surface area contributed by atoms with Gasteiger partial charge < -0.3 is 15.2 Å². The predicted molar refractivity (Wildman–Crippen MR) is 94.5 cm³/mol. The third-order valence-electron chi connectivity index (χ3n) is 4.58. The average molecular weight is 339 g/mol. The van der Waals surface area contributed by atoms with Crippen LogP contribution in [-0.4, -0.2) is 29.8 Å². The Morgan fingerprint density at radius 1 is 1.08 bits per heavy atom. The standard InChI is InChI=1S/C20H21NO4/c1-2-13(11-19(22)23)21-20(24)25-12-18-16-9-5-3-7-14(16)15-8-4-6-10-17(15)18/h3-10,13,18H,2,11-12H2,1H3,(H,21,24)(H,22,23)/t13-/m0/s1. The van der Waals surface area contributed by atoms with Crippen molar-refractivity contribution in [3.05, 3.63) is 59.7 Å². The fourth-order valence-corrected chi connectivity index (χ4v) is 3.31. The summed E-state index contributed by atoms with van der Waals surface area (Å²) in [6.07, 6.45) is -0.146. The van der Waals surface area contributed by atoms with Crippen molar-refractivity contribution in [1.82, 2.24) is 5.32 Å². The minimum absolute atomic E-state index is 0.00213. The first-order chi connectivity index (χ1) is 12.1. The van der Waals surface area contributed by atoms with Crippen molar-refractivity contribution in [3.8, 4) is 11.1 Å². The summed E-state index contributed by atoms with van der Waals surface area (Å²) in [4.78, 5) is 22.8. The summed E-state index contributed by atoms with van der Waals surface area (Å²) >= 11 is 0. The molecule has 1 aliphatic carbocycles. The zero-order valence-electron chi connectivity index (χ0n) is 14.1. The Morgan fingerprint density at radius 3 is 2.16 bits per heavy atom. The Balaban J connectivity index is 1.69. The number of carboxylic acids is 1. The van der Waals surface area contributed by atoms with Gasteiger partial charge in [0, 0.05) is 12.0 Å². The van der Waals surface area contributed by atoms with Crippen molar-refractivity contribution in [1.29, 1.82) is 0 Å². The number of aliphatic carboxylic acids is 1. The zero-order valence-corrected chi connectivity index (χ0v) is 14.1. The first-order valence-electron chi connectivity index (χ1n) is 8.43. The van der Waals surface area contributed by atoms with E-state index in [0.717, 1.165) is 11.1 Å². The van der Waals surface area contributed by atoms with Gasteiger partial charge in [0.2, 0.25) is 0 Å². The largest absolute Gasteiger partial charge is 0.481 e. The maximum atomic E-state index is 12.0. The fourth-order valence-electron chi connectivity index (χ4n) is 3.31. The smallest absolute Gasteiger partial charge is 0.407 e. The van der Waals surface area contributed by atoms with E-state index < -0.39 is 18.1 Å². The molecule has 0 saturated heterocycles. The van der Waals surface area contributed by atoms with E-state index in [4.69, 9.17) is 9.84 Å². The van der Waals surface area contributed by atoms with Crippen LogP contribution in [0.4, 0.5) is 4.79 Å². The number of rotatable bonds is 6. The highest BCUT2D eigenvalue weighted by Gasteiger charge is 2.29. The molecule has 1 amide bonds. The van der Waals surface area contributed by atoms with Crippen LogP contribution in [0.1, 0.15) is 36.8 Å². The van der Waals surface area contributed by atoms with Gasteiger partial charge in [-0.25, -0.2) is 4.79 Å². The van der Waals surface area contributed by atoms with Gasteiger partial charge in [-0.15, -0.1) is 0 Å². The maximum Gasteiger partial charge on any atom is 0.407 e. The normalized spacial score (nSPS) is 13.6. The van der Waals surface area contributed by atoms with Crippen LogP contribution in [-0.2, 0) is 9.53 Å². The average Bonchev–Trinajstić information content (AvgIpc) is 2.93. The van der Waals surface area contributed by atoms with E-state index in [-0.39, 0.29) is 18.9 Å². The predicted octanol–water partition coefficient (Wildman–Crippen LogP) is 3.78. The lowest BCUT2D eigenvalue weighted by Gasteiger charge is -2.17. The molecule has 25 heavy (non-hydrogen) atoms. The summed E-state index contributed by atoms with van der Waals surface area (Å²) in [5.41, 5.74) is 4.64. The monoisotopic (exact) mass is 339 g/mol. The molecule has 0 bridgehead atoms. The second-order valence-electron chi connectivity index (χ2n) is 6.17. The number of carbonyl (C=O) groups excluding carboxylic acids is 1. The van der Waals surface area contributed by atoms with Crippen LogP contribution in [0.15, 0.2) is 48.5 Å². The van der Waals surface area contributed by atoms with Crippen LogP contribution in [0.5, 0.6) is 0 Å². The van der Waals surface area contributed by atoms with Gasteiger partial charge in [-0.2, -0.15) is 0 Å². The minimum atomic E-state index is -0.939. The number of carboxylic acid groups (broad SMARTS) is 1.